The first-order chi connectivity index (χ1) is 12.4. The molecule has 0 rings (SSSR count). The number of hydrogen-bond acceptors (Lipinski definition) is 5. The van der Waals surface area contributed by atoms with Crippen LogP contribution in [0.3, 0.4) is 0 Å². The Morgan fingerprint density at radius 2 is 1.56 bits per heavy atom. The lowest BCUT2D eigenvalue weighted by Gasteiger charge is -2.17. The first kappa shape index (κ1) is 30.7. The van der Waals surface area contributed by atoms with E-state index in [-0.39, 0.29) is 6.29 Å². The Balaban J connectivity index is -0.000000327. The van der Waals surface area contributed by atoms with E-state index >= 15 is 0 Å². The van der Waals surface area contributed by atoms with Gasteiger partial charge in [-0.25, -0.2) is 0 Å². The highest BCUT2D eigenvalue weighted by molar-refractivity contribution is 5.65. The van der Waals surface area contributed by atoms with E-state index in [1.807, 2.05) is 27.7 Å². The molecule has 1 atom stereocenters. The third-order valence-corrected chi connectivity index (χ3v) is 3.04. The summed E-state index contributed by atoms with van der Waals surface area (Å²) in [5, 5.41) is 17.8. The molecule has 5 heteroatoms. The Bertz CT molecular complexity index is 382. The van der Waals surface area contributed by atoms with Crippen molar-refractivity contribution in [1.29, 1.82) is 0 Å². The monoisotopic (exact) mass is 388 g/mol. The minimum absolute atomic E-state index is 0.0370. The maximum Gasteiger partial charge on any atom is 0.154 e. The highest BCUT2D eigenvalue weighted by Crippen LogP contribution is 2.09. The van der Waals surface area contributed by atoms with E-state index in [2.05, 4.69) is 19.9 Å². The molecule has 0 aliphatic heterocycles. The molecular weight excluding hydrogens is 344 g/mol. The fourth-order valence-corrected chi connectivity index (χ4v) is 2.03. The zero-order chi connectivity index (χ0) is 21.9. The Hall–Kier alpha value is -1.01. The Labute approximate surface area is 167 Å². The maximum absolute atomic E-state index is 10.0. The highest BCUT2D eigenvalue weighted by atomic mass is 16.7. The van der Waals surface area contributed by atoms with Crippen LogP contribution in [0.1, 0.15) is 81.6 Å². The summed E-state index contributed by atoms with van der Waals surface area (Å²) in [6, 6.07) is 0. The number of aliphatic hydroxyl groups excluding tert-OH is 1. The van der Waals surface area contributed by atoms with Crippen molar-refractivity contribution in [2.45, 2.75) is 99.6 Å². The maximum atomic E-state index is 10.0. The average Bonchev–Trinajstić information content (AvgIpc) is 2.46. The van der Waals surface area contributed by atoms with Crippen LogP contribution >= 0.6 is 0 Å². The quantitative estimate of drug-likeness (QED) is 0.243. The summed E-state index contributed by atoms with van der Waals surface area (Å²) in [5.41, 5.74) is 1.76. The molecule has 2 N–H and O–H groups in total. The van der Waals surface area contributed by atoms with Crippen LogP contribution in [-0.4, -0.2) is 47.7 Å². The van der Waals surface area contributed by atoms with Crippen molar-refractivity contribution in [3.8, 4) is 0 Å². The first-order valence-corrected chi connectivity index (χ1v) is 9.77. The minimum atomic E-state index is -0.728. The average molecular weight is 389 g/mol. The molecule has 162 valence electrons. The van der Waals surface area contributed by atoms with Crippen LogP contribution in [0, 0.1) is 0 Å². The SMILES string of the molecule is CC(C)=CCCC(C)=CC=O.CC(O)CC(C)(C)O.CCOC(C)OCC. The van der Waals surface area contributed by atoms with Crippen molar-refractivity contribution < 1.29 is 24.5 Å². The lowest BCUT2D eigenvalue weighted by Crippen LogP contribution is -2.24. The van der Waals surface area contributed by atoms with E-state index in [9.17, 15) is 4.79 Å². The molecule has 0 saturated carbocycles. The van der Waals surface area contributed by atoms with Crippen LogP contribution in [0.25, 0.3) is 0 Å². The lowest BCUT2D eigenvalue weighted by atomic mass is 10.0. The Morgan fingerprint density at radius 1 is 1.07 bits per heavy atom. The van der Waals surface area contributed by atoms with E-state index in [1.54, 1.807) is 26.8 Å². The van der Waals surface area contributed by atoms with Crippen molar-refractivity contribution >= 4 is 6.29 Å². The van der Waals surface area contributed by atoms with Gasteiger partial charge in [0.05, 0.1) is 11.7 Å². The van der Waals surface area contributed by atoms with Gasteiger partial charge in [0.25, 0.3) is 0 Å². The van der Waals surface area contributed by atoms with Crippen molar-refractivity contribution in [2.24, 2.45) is 0 Å². The van der Waals surface area contributed by atoms with Gasteiger partial charge in [-0.3, -0.25) is 4.79 Å². The predicted molar refractivity (Wildman–Crippen MR) is 114 cm³/mol. The fourth-order valence-electron chi connectivity index (χ4n) is 2.03. The van der Waals surface area contributed by atoms with Crippen molar-refractivity contribution in [3.05, 3.63) is 23.3 Å². The molecule has 1 unspecified atom stereocenters. The number of hydrogen-bond donors (Lipinski definition) is 2. The molecule has 0 aliphatic carbocycles. The number of aldehydes is 1. The molecule has 0 saturated heterocycles. The van der Waals surface area contributed by atoms with Crippen molar-refractivity contribution in [2.75, 3.05) is 13.2 Å². The van der Waals surface area contributed by atoms with Gasteiger partial charge in [-0.2, -0.15) is 0 Å². The molecule has 0 amide bonds. The van der Waals surface area contributed by atoms with Gasteiger partial charge in [0.1, 0.15) is 6.29 Å². The molecule has 0 spiro atoms. The highest BCUT2D eigenvalue weighted by Gasteiger charge is 2.14. The lowest BCUT2D eigenvalue weighted by molar-refractivity contribution is -0.123. The molecule has 0 radical (unpaired) electrons. The molecule has 0 aromatic heterocycles. The van der Waals surface area contributed by atoms with Crippen LogP contribution < -0.4 is 0 Å². The summed E-state index contributed by atoms with van der Waals surface area (Å²) in [6.07, 6.45) is 6.67. The Kier molecular flexibility index (Phi) is 22.5. The normalized spacial score (nSPS) is 12.4. The van der Waals surface area contributed by atoms with Crippen LogP contribution in [0.2, 0.25) is 0 Å². The summed E-state index contributed by atoms with van der Waals surface area (Å²) >= 11 is 0. The van der Waals surface area contributed by atoms with E-state index in [0.717, 1.165) is 37.9 Å². The van der Waals surface area contributed by atoms with E-state index in [1.165, 1.54) is 5.57 Å². The van der Waals surface area contributed by atoms with Crippen LogP contribution in [0.5, 0.6) is 0 Å². The van der Waals surface area contributed by atoms with Gasteiger partial charge in [-0.15, -0.1) is 0 Å². The number of rotatable bonds is 10. The number of ether oxygens (including phenoxy) is 2. The largest absolute Gasteiger partial charge is 0.393 e. The van der Waals surface area contributed by atoms with Gasteiger partial charge in [-0.05, 0) is 81.2 Å². The molecule has 0 aliphatic rings. The number of aliphatic hydroxyl groups is 2. The molecule has 0 aromatic carbocycles. The van der Waals surface area contributed by atoms with Crippen molar-refractivity contribution in [3.63, 3.8) is 0 Å². The topological polar surface area (TPSA) is 76.0 Å². The molecule has 0 fully saturated rings. The summed E-state index contributed by atoms with van der Waals surface area (Å²) in [4.78, 5) is 10.0. The molecule has 0 bridgehead atoms. The third-order valence-electron chi connectivity index (χ3n) is 3.04. The molecule has 27 heavy (non-hydrogen) atoms. The molecule has 0 heterocycles. The minimum Gasteiger partial charge on any atom is -0.393 e. The van der Waals surface area contributed by atoms with Crippen molar-refractivity contribution in [1.82, 2.24) is 0 Å². The Morgan fingerprint density at radius 3 is 1.81 bits per heavy atom. The number of allylic oxidation sites excluding steroid dienone is 4. The summed E-state index contributed by atoms with van der Waals surface area (Å²) in [7, 11) is 0. The summed E-state index contributed by atoms with van der Waals surface area (Å²) < 4.78 is 10.1. The summed E-state index contributed by atoms with van der Waals surface area (Å²) in [6.45, 7) is 18.4. The van der Waals surface area contributed by atoms with Gasteiger partial charge in [-0.1, -0.05) is 17.2 Å². The van der Waals surface area contributed by atoms with Gasteiger partial charge >= 0.3 is 0 Å². The number of carbonyl (C=O) groups excluding carboxylic acids is 1. The molecule has 5 nitrogen and oxygen atoms in total. The van der Waals surface area contributed by atoms with Gasteiger partial charge in [0.15, 0.2) is 6.29 Å². The first-order valence-electron chi connectivity index (χ1n) is 9.77. The van der Waals surface area contributed by atoms with Crippen LogP contribution in [-0.2, 0) is 14.3 Å². The third kappa shape index (κ3) is 36.6. The second-order valence-corrected chi connectivity index (χ2v) is 7.31. The predicted octanol–water partition coefficient (Wildman–Crippen LogP) is 4.81. The zero-order valence-electron chi connectivity index (χ0n) is 19.0. The van der Waals surface area contributed by atoms with E-state index in [4.69, 9.17) is 19.7 Å². The van der Waals surface area contributed by atoms with Gasteiger partial charge in [0.2, 0.25) is 0 Å². The fraction of sp³-hybridized carbons (Fsp3) is 0.773. The van der Waals surface area contributed by atoms with E-state index in [0.29, 0.717) is 6.42 Å². The zero-order valence-corrected chi connectivity index (χ0v) is 19.0. The van der Waals surface area contributed by atoms with Gasteiger partial charge < -0.3 is 19.7 Å². The second kappa shape index (κ2) is 19.7. The van der Waals surface area contributed by atoms with Crippen LogP contribution in [0.15, 0.2) is 23.3 Å². The van der Waals surface area contributed by atoms with Gasteiger partial charge in [0, 0.05) is 19.6 Å². The second-order valence-electron chi connectivity index (χ2n) is 7.31. The standard InChI is InChI=1S/C10H16O.2C6H14O2/c1-9(2)5-4-6-10(3)7-8-11;1-5(7)4-6(2,3)8;1-4-7-6(3)8-5-2/h5,7-8H,4,6H2,1-3H3;5,7-8H,4H2,1-3H3;6H,4-5H2,1-3H3. The van der Waals surface area contributed by atoms with E-state index < -0.39 is 11.7 Å². The molecule has 0 aromatic rings. The number of carbonyl (C=O) groups is 1. The summed E-state index contributed by atoms with van der Waals surface area (Å²) in [5.74, 6) is 0. The molecular formula is C22H44O5. The smallest absolute Gasteiger partial charge is 0.154 e. The van der Waals surface area contributed by atoms with Crippen LogP contribution in [0.4, 0.5) is 0 Å².